The SMILES string of the molecule is CSCCN(C)CCCOc1ccccc1C#N. The summed E-state index contributed by atoms with van der Waals surface area (Å²) in [5.74, 6) is 1.85. The summed E-state index contributed by atoms with van der Waals surface area (Å²) in [7, 11) is 2.12. The fraction of sp³-hybridized carbons (Fsp3) is 0.500. The molecule has 0 aliphatic rings. The van der Waals surface area contributed by atoms with Crippen molar-refractivity contribution in [1.29, 1.82) is 5.26 Å². The topological polar surface area (TPSA) is 36.3 Å². The number of thioether (sulfide) groups is 1. The average Bonchev–Trinajstić information content (AvgIpc) is 2.41. The molecule has 0 bridgehead atoms. The van der Waals surface area contributed by atoms with E-state index >= 15 is 0 Å². The molecule has 0 atom stereocenters. The van der Waals surface area contributed by atoms with Crippen molar-refractivity contribution in [3.05, 3.63) is 29.8 Å². The first kappa shape index (κ1) is 14.9. The number of ether oxygens (including phenoxy) is 1. The van der Waals surface area contributed by atoms with E-state index < -0.39 is 0 Å². The van der Waals surface area contributed by atoms with Crippen LogP contribution < -0.4 is 4.74 Å². The molecule has 0 heterocycles. The molecule has 18 heavy (non-hydrogen) atoms. The van der Waals surface area contributed by atoms with Crippen LogP contribution in [0, 0.1) is 11.3 Å². The fourth-order valence-corrected chi connectivity index (χ4v) is 2.05. The number of para-hydroxylation sites is 1. The van der Waals surface area contributed by atoms with Crippen LogP contribution in [0.1, 0.15) is 12.0 Å². The van der Waals surface area contributed by atoms with Crippen molar-refractivity contribution in [3.8, 4) is 11.8 Å². The minimum absolute atomic E-state index is 0.605. The molecule has 0 aromatic heterocycles. The van der Waals surface area contributed by atoms with Crippen LogP contribution in [0.2, 0.25) is 0 Å². The highest BCUT2D eigenvalue weighted by Gasteiger charge is 2.02. The van der Waals surface area contributed by atoms with E-state index in [0.29, 0.717) is 17.9 Å². The lowest BCUT2D eigenvalue weighted by Gasteiger charge is -2.16. The Hall–Kier alpha value is -1.18. The van der Waals surface area contributed by atoms with Crippen LogP contribution in [0.5, 0.6) is 5.75 Å². The number of nitriles is 1. The quantitative estimate of drug-likeness (QED) is 0.676. The number of hydrogen-bond acceptors (Lipinski definition) is 4. The smallest absolute Gasteiger partial charge is 0.137 e. The molecule has 0 spiro atoms. The maximum absolute atomic E-state index is 8.92. The summed E-state index contributed by atoms with van der Waals surface area (Å²) in [6, 6.07) is 9.49. The Morgan fingerprint density at radius 1 is 1.33 bits per heavy atom. The summed E-state index contributed by atoms with van der Waals surface area (Å²) in [5.41, 5.74) is 0.605. The third-order valence-electron chi connectivity index (χ3n) is 2.63. The molecule has 98 valence electrons. The first-order valence-corrected chi connectivity index (χ1v) is 7.46. The van der Waals surface area contributed by atoms with Crippen LogP contribution in [0.3, 0.4) is 0 Å². The van der Waals surface area contributed by atoms with Crippen molar-refractivity contribution in [3.63, 3.8) is 0 Å². The van der Waals surface area contributed by atoms with Crippen molar-refractivity contribution >= 4 is 11.8 Å². The van der Waals surface area contributed by atoms with Gasteiger partial charge in [0, 0.05) is 18.8 Å². The van der Waals surface area contributed by atoms with Gasteiger partial charge in [0.05, 0.1) is 12.2 Å². The lowest BCUT2D eigenvalue weighted by Crippen LogP contribution is -2.23. The zero-order valence-corrected chi connectivity index (χ0v) is 11.9. The van der Waals surface area contributed by atoms with Crippen LogP contribution in [-0.2, 0) is 0 Å². The van der Waals surface area contributed by atoms with Crippen molar-refractivity contribution in [2.75, 3.05) is 38.8 Å². The third-order valence-corrected chi connectivity index (χ3v) is 3.22. The van der Waals surface area contributed by atoms with Crippen LogP contribution in [-0.4, -0.2) is 43.7 Å². The average molecular weight is 264 g/mol. The third kappa shape index (κ3) is 5.44. The van der Waals surface area contributed by atoms with Crippen LogP contribution >= 0.6 is 11.8 Å². The maximum atomic E-state index is 8.92. The van der Waals surface area contributed by atoms with Crippen molar-refractivity contribution < 1.29 is 4.74 Å². The van der Waals surface area contributed by atoms with Gasteiger partial charge in [0.15, 0.2) is 0 Å². The van der Waals surface area contributed by atoms with Crippen molar-refractivity contribution in [1.82, 2.24) is 4.90 Å². The highest BCUT2D eigenvalue weighted by Crippen LogP contribution is 2.16. The molecule has 0 saturated heterocycles. The van der Waals surface area contributed by atoms with E-state index in [0.717, 1.165) is 25.3 Å². The van der Waals surface area contributed by atoms with Crippen LogP contribution in [0.15, 0.2) is 24.3 Å². The molecule has 0 fully saturated rings. The van der Waals surface area contributed by atoms with Gasteiger partial charge in [-0.2, -0.15) is 17.0 Å². The molecular weight excluding hydrogens is 244 g/mol. The van der Waals surface area contributed by atoms with E-state index in [4.69, 9.17) is 10.00 Å². The van der Waals surface area contributed by atoms with Gasteiger partial charge in [-0.25, -0.2) is 0 Å². The van der Waals surface area contributed by atoms with Gasteiger partial charge in [-0.1, -0.05) is 12.1 Å². The van der Waals surface area contributed by atoms with Gasteiger partial charge in [0.1, 0.15) is 11.8 Å². The van der Waals surface area contributed by atoms with E-state index in [1.165, 1.54) is 0 Å². The van der Waals surface area contributed by atoms with E-state index in [1.54, 1.807) is 6.07 Å². The Morgan fingerprint density at radius 3 is 2.83 bits per heavy atom. The standard InChI is InChI=1S/C14H20N2OS/c1-16(9-11-18-2)8-5-10-17-14-7-4-3-6-13(14)12-15/h3-4,6-7H,5,8-11H2,1-2H3. The molecule has 1 rings (SSSR count). The molecule has 0 amide bonds. The summed E-state index contributed by atoms with van der Waals surface area (Å²) in [6.45, 7) is 2.79. The second-order valence-corrected chi connectivity index (χ2v) is 5.09. The Balaban J connectivity index is 2.24. The Morgan fingerprint density at radius 2 is 2.11 bits per heavy atom. The lowest BCUT2D eigenvalue weighted by atomic mass is 10.2. The molecule has 4 heteroatoms. The van der Waals surface area contributed by atoms with Gasteiger partial charge in [-0.05, 0) is 31.9 Å². The fourth-order valence-electron chi connectivity index (χ4n) is 1.56. The van der Waals surface area contributed by atoms with E-state index in [-0.39, 0.29) is 0 Å². The zero-order chi connectivity index (χ0) is 13.2. The summed E-state index contributed by atoms with van der Waals surface area (Å²) in [4.78, 5) is 2.30. The van der Waals surface area contributed by atoms with Crippen LogP contribution in [0.4, 0.5) is 0 Å². The van der Waals surface area contributed by atoms with Gasteiger partial charge >= 0.3 is 0 Å². The molecular formula is C14H20N2OS. The first-order valence-electron chi connectivity index (χ1n) is 6.07. The number of nitrogens with zero attached hydrogens (tertiary/aromatic N) is 2. The molecule has 0 unspecified atom stereocenters. The molecule has 3 nitrogen and oxygen atoms in total. The molecule has 1 aromatic carbocycles. The predicted molar refractivity (Wildman–Crippen MR) is 77.1 cm³/mol. The molecule has 0 radical (unpaired) electrons. The zero-order valence-electron chi connectivity index (χ0n) is 11.1. The summed E-state index contributed by atoms with van der Waals surface area (Å²) in [6.07, 6.45) is 3.10. The van der Waals surface area contributed by atoms with E-state index in [1.807, 2.05) is 30.0 Å². The van der Waals surface area contributed by atoms with E-state index in [9.17, 15) is 0 Å². The van der Waals surface area contributed by atoms with E-state index in [2.05, 4.69) is 24.3 Å². The molecule has 0 aliphatic carbocycles. The molecule has 0 aliphatic heterocycles. The van der Waals surface area contributed by atoms with Gasteiger partial charge in [-0.15, -0.1) is 0 Å². The second kappa shape index (κ2) is 8.84. The van der Waals surface area contributed by atoms with Gasteiger partial charge in [0.25, 0.3) is 0 Å². The first-order chi connectivity index (χ1) is 8.77. The monoisotopic (exact) mass is 264 g/mol. The second-order valence-electron chi connectivity index (χ2n) is 4.11. The van der Waals surface area contributed by atoms with Gasteiger partial charge in [0.2, 0.25) is 0 Å². The van der Waals surface area contributed by atoms with Gasteiger partial charge < -0.3 is 9.64 Å². The largest absolute Gasteiger partial charge is 0.492 e. The highest BCUT2D eigenvalue weighted by molar-refractivity contribution is 7.98. The number of benzene rings is 1. The Bertz CT molecular complexity index is 390. The lowest BCUT2D eigenvalue weighted by molar-refractivity contribution is 0.269. The number of hydrogen-bond donors (Lipinski definition) is 0. The Kier molecular flexibility index (Phi) is 7.31. The predicted octanol–water partition coefficient (Wildman–Crippen LogP) is 2.62. The summed E-state index contributed by atoms with van der Waals surface area (Å²) < 4.78 is 5.63. The van der Waals surface area contributed by atoms with Crippen molar-refractivity contribution in [2.24, 2.45) is 0 Å². The normalized spacial score (nSPS) is 10.3. The molecule has 0 saturated carbocycles. The van der Waals surface area contributed by atoms with Gasteiger partial charge in [-0.3, -0.25) is 0 Å². The minimum Gasteiger partial charge on any atom is -0.492 e. The minimum atomic E-state index is 0.605. The highest BCUT2D eigenvalue weighted by atomic mass is 32.2. The number of rotatable bonds is 8. The molecule has 0 N–H and O–H groups in total. The summed E-state index contributed by atoms with van der Waals surface area (Å²) >= 11 is 1.86. The summed E-state index contributed by atoms with van der Waals surface area (Å²) in [5, 5.41) is 8.92. The molecule has 1 aromatic rings. The van der Waals surface area contributed by atoms with Crippen LogP contribution in [0.25, 0.3) is 0 Å². The Labute approximate surface area is 114 Å². The maximum Gasteiger partial charge on any atom is 0.137 e. The van der Waals surface area contributed by atoms with Crippen molar-refractivity contribution in [2.45, 2.75) is 6.42 Å².